The van der Waals surface area contributed by atoms with E-state index in [1.807, 2.05) is 13.8 Å². The van der Waals surface area contributed by atoms with Crippen LogP contribution in [0, 0.1) is 0 Å². The first kappa shape index (κ1) is 38.6. The second kappa shape index (κ2) is 22.2. The Morgan fingerprint density at radius 1 is 0.610 bits per heavy atom. The molecule has 2 aromatic rings. The molecule has 0 aliphatic carbocycles. The zero-order valence-corrected chi connectivity index (χ0v) is 28.7. The Bertz CT molecular complexity index is 941. The summed E-state index contributed by atoms with van der Waals surface area (Å²) in [5.74, 6) is -2.65. The second-order valence-electron chi connectivity index (χ2n) is 11.0. The first-order valence-corrected chi connectivity index (χ1v) is 15.2. The zero-order chi connectivity index (χ0) is 29.9. The Morgan fingerprint density at radius 3 is 1.24 bits per heavy atom. The van der Waals surface area contributed by atoms with Gasteiger partial charge in [0, 0.05) is 0 Å². The molecule has 0 fully saturated rings. The number of carboxylic acids is 2. The molecule has 0 aromatic heterocycles. The minimum absolute atomic E-state index is 0. The molecule has 0 aliphatic rings. The van der Waals surface area contributed by atoms with Gasteiger partial charge in [0.2, 0.25) is 0 Å². The minimum Gasteiger partial charge on any atom is -0.872 e. The zero-order valence-electron chi connectivity index (χ0n) is 25.8. The Labute approximate surface area is 260 Å². The third-order valence-electron chi connectivity index (χ3n) is 7.60. The number of hydrogen-bond donors (Lipinski definition) is 2. The van der Waals surface area contributed by atoms with E-state index in [-0.39, 0.29) is 53.9 Å². The fourth-order valence-electron chi connectivity index (χ4n) is 5.00. The van der Waals surface area contributed by atoms with Crippen LogP contribution >= 0.6 is 0 Å². The van der Waals surface area contributed by atoms with Crippen LogP contribution in [0.4, 0.5) is 0 Å². The van der Waals surface area contributed by atoms with E-state index in [1.54, 1.807) is 24.3 Å². The third kappa shape index (κ3) is 14.4. The Kier molecular flexibility index (Phi) is 20.9. The van der Waals surface area contributed by atoms with E-state index in [0.29, 0.717) is 11.1 Å². The number of unbranched alkanes of at least 4 members (excludes halogenated alkanes) is 10. The van der Waals surface area contributed by atoms with Crippen LogP contribution in [0.3, 0.4) is 0 Å². The van der Waals surface area contributed by atoms with Gasteiger partial charge in [0.1, 0.15) is 0 Å². The molecule has 0 saturated heterocycles. The molecule has 2 unspecified atom stereocenters. The summed E-state index contributed by atoms with van der Waals surface area (Å²) >= 11 is 0. The number of carbonyl (C=O) groups is 2. The Hall–Kier alpha value is -2.40. The van der Waals surface area contributed by atoms with Crippen molar-refractivity contribution in [3.05, 3.63) is 58.7 Å². The summed E-state index contributed by atoms with van der Waals surface area (Å²) in [5, 5.41) is 42.0. The summed E-state index contributed by atoms with van der Waals surface area (Å²) in [7, 11) is 0. The normalized spacial score (nSPS) is 12.0. The van der Waals surface area contributed by atoms with Crippen LogP contribution in [0.2, 0.25) is 0 Å². The number of benzene rings is 2. The molecule has 41 heavy (non-hydrogen) atoms. The summed E-state index contributed by atoms with van der Waals surface area (Å²) in [6.45, 7) is 8.42. The molecule has 2 rings (SSSR count). The predicted octanol–water partition coefficient (Wildman–Crippen LogP) is 8.62. The fourth-order valence-corrected chi connectivity index (χ4v) is 5.00. The summed E-state index contributed by atoms with van der Waals surface area (Å²) in [4.78, 5) is 21.9. The molecule has 0 heterocycles. The van der Waals surface area contributed by atoms with Gasteiger partial charge >= 0.3 is 31.4 Å². The Balaban J connectivity index is 0.000000762. The van der Waals surface area contributed by atoms with Crippen LogP contribution in [0.5, 0.6) is 11.5 Å². The number of rotatable bonds is 18. The monoisotopic (exact) mass is 618 g/mol. The Morgan fingerprint density at radius 2 is 0.927 bits per heavy atom. The SMILES string of the molecule is CCCCCCCCC(C)c1cccc(C(=O)O)c1[O-].CCCCCCCCC(C)c1cccc(C(=O)O)c1[O-].[Zn+2]. The molecule has 2 aromatic carbocycles. The van der Waals surface area contributed by atoms with Crippen molar-refractivity contribution < 1.29 is 49.5 Å². The summed E-state index contributed by atoms with van der Waals surface area (Å²) < 4.78 is 0. The van der Waals surface area contributed by atoms with Crippen LogP contribution < -0.4 is 10.2 Å². The molecule has 0 amide bonds. The predicted molar refractivity (Wildman–Crippen MR) is 159 cm³/mol. The van der Waals surface area contributed by atoms with Crippen LogP contribution in [0.1, 0.15) is 161 Å². The molecular weight excluding hydrogens is 570 g/mol. The van der Waals surface area contributed by atoms with Crippen molar-refractivity contribution in [1.82, 2.24) is 0 Å². The standard InChI is InChI=1S/2C17H26O3.Zn/c2*1-3-4-5-6-7-8-10-13(2)14-11-9-12-15(16(14)18)17(19)20;/h2*9,11-13,18H,3-8,10H2,1-2H3,(H,19,20);/q;;+2/p-2. The molecule has 2 atom stereocenters. The maximum Gasteiger partial charge on any atom is 2.00 e. The maximum atomic E-state index is 12.0. The molecular formula is C34H50O6Zn. The van der Waals surface area contributed by atoms with Crippen molar-refractivity contribution in [2.75, 3.05) is 0 Å². The minimum atomic E-state index is -1.14. The van der Waals surface area contributed by atoms with Crippen LogP contribution in [-0.4, -0.2) is 22.2 Å². The van der Waals surface area contributed by atoms with Gasteiger partial charge in [-0.3, -0.25) is 0 Å². The maximum absolute atomic E-state index is 12.0. The largest absolute Gasteiger partial charge is 2.00 e. The quantitative estimate of drug-likeness (QED) is 0.127. The molecule has 6 nitrogen and oxygen atoms in total. The van der Waals surface area contributed by atoms with E-state index in [9.17, 15) is 19.8 Å². The van der Waals surface area contributed by atoms with Gasteiger partial charge < -0.3 is 20.4 Å². The fraction of sp³-hybridized carbons (Fsp3) is 0.588. The number of hydrogen-bond acceptors (Lipinski definition) is 4. The average Bonchev–Trinajstić information content (AvgIpc) is 2.92. The van der Waals surface area contributed by atoms with Gasteiger partial charge in [-0.25, -0.2) is 9.59 Å². The van der Waals surface area contributed by atoms with Crippen molar-refractivity contribution in [3.8, 4) is 11.5 Å². The van der Waals surface area contributed by atoms with Crippen molar-refractivity contribution in [3.63, 3.8) is 0 Å². The van der Waals surface area contributed by atoms with E-state index in [2.05, 4.69) is 13.8 Å². The van der Waals surface area contributed by atoms with E-state index < -0.39 is 11.9 Å². The topological polar surface area (TPSA) is 121 Å². The van der Waals surface area contributed by atoms with Crippen LogP contribution in [0.15, 0.2) is 36.4 Å². The smallest absolute Gasteiger partial charge is 0.872 e. The van der Waals surface area contributed by atoms with Crippen molar-refractivity contribution in [2.24, 2.45) is 0 Å². The second-order valence-corrected chi connectivity index (χ2v) is 11.0. The van der Waals surface area contributed by atoms with Gasteiger partial charge in [-0.2, -0.15) is 0 Å². The van der Waals surface area contributed by atoms with E-state index in [1.165, 1.54) is 76.3 Å². The van der Waals surface area contributed by atoms with Gasteiger partial charge in [-0.15, -0.1) is 0 Å². The first-order valence-electron chi connectivity index (χ1n) is 15.2. The summed E-state index contributed by atoms with van der Waals surface area (Å²) in [6.07, 6.45) is 16.6. The molecule has 0 saturated carbocycles. The molecule has 0 aliphatic heterocycles. The van der Waals surface area contributed by atoms with Crippen molar-refractivity contribution in [2.45, 2.75) is 129 Å². The average molecular weight is 620 g/mol. The van der Waals surface area contributed by atoms with Crippen LogP contribution in [0.25, 0.3) is 0 Å². The number of aromatic carboxylic acids is 2. The van der Waals surface area contributed by atoms with Gasteiger partial charge in [0.05, 0.1) is 11.1 Å². The third-order valence-corrected chi connectivity index (χ3v) is 7.60. The van der Waals surface area contributed by atoms with E-state index in [0.717, 1.165) is 25.7 Å². The molecule has 2 N–H and O–H groups in total. The van der Waals surface area contributed by atoms with Crippen LogP contribution in [-0.2, 0) is 19.5 Å². The summed E-state index contributed by atoms with van der Waals surface area (Å²) in [6, 6.07) is 9.61. The molecule has 0 bridgehead atoms. The van der Waals surface area contributed by atoms with E-state index >= 15 is 0 Å². The van der Waals surface area contributed by atoms with Gasteiger partial charge in [-0.1, -0.05) is 152 Å². The molecule has 7 heteroatoms. The summed E-state index contributed by atoms with van der Waals surface area (Å²) in [5.41, 5.74) is 1.05. The van der Waals surface area contributed by atoms with E-state index in [4.69, 9.17) is 10.2 Å². The van der Waals surface area contributed by atoms with Gasteiger partial charge in [0.15, 0.2) is 0 Å². The van der Waals surface area contributed by atoms with Gasteiger partial charge in [-0.05, 0) is 36.8 Å². The number of carboxylic acid groups (broad SMARTS) is 2. The molecule has 224 valence electrons. The molecule has 0 spiro atoms. The first-order chi connectivity index (χ1) is 19.1. The van der Waals surface area contributed by atoms with Gasteiger partial charge in [0.25, 0.3) is 0 Å². The van der Waals surface area contributed by atoms with Crippen molar-refractivity contribution in [1.29, 1.82) is 0 Å². The number of para-hydroxylation sites is 2. The van der Waals surface area contributed by atoms with Crippen molar-refractivity contribution >= 4 is 11.9 Å². The molecule has 0 radical (unpaired) electrons.